The van der Waals surface area contributed by atoms with Crippen LogP contribution in [0.25, 0.3) is 27.5 Å². The maximum Gasteiger partial charge on any atom is 0.0582 e. The van der Waals surface area contributed by atoms with Gasteiger partial charge in [-0.1, -0.05) is 61.6 Å². The first kappa shape index (κ1) is 16.1. The van der Waals surface area contributed by atoms with Crippen LogP contribution in [0.1, 0.15) is 25.0 Å². The van der Waals surface area contributed by atoms with E-state index in [1.54, 1.807) is 0 Å². The molecule has 0 saturated heterocycles. The van der Waals surface area contributed by atoms with Crippen molar-refractivity contribution in [2.75, 3.05) is 0 Å². The van der Waals surface area contributed by atoms with Gasteiger partial charge in [0.05, 0.1) is 16.7 Å². The summed E-state index contributed by atoms with van der Waals surface area (Å²) in [6.07, 6.45) is 0. The van der Waals surface area contributed by atoms with Gasteiger partial charge in [-0.15, -0.1) is 0 Å². The second kappa shape index (κ2) is 5.21. The number of rotatable bonds is 0. The second-order valence-corrected chi connectivity index (χ2v) is 9.88. The minimum atomic E-state index is -0.0667. The average Bonchev–Trinajstić information content (AvgIpc) is 2.87. The fourth-order valence-corrected chi connectivity index (χ4v) is 5.34. The standard InChI is InChI=1S/C21H14Br3N/c1-21(2)16-9-12(23)4-6-19(16)25-18-5-3-11(22)7-14(18)15-8-13(24)10-17(21)20(15)25/h3-10H,1-2H3. The highest BCUT2D eigenvalue weighted by atomic mass is 79.9. The summed E-state index contributed by atoms with van der Waals surface area (Å²) in [6.45, 7) is 4.63. The summed E-state index contributed by atoms with van der Waals surface area (Å²) in [5, 5.41) is 2.57. The topological polar surface area (TPSA) is 4.93 Å². The van der Waals surface area contributed by atoms with Crippen molar-refractivity contribution in [1.82, 2.24) is 4.57 Å². The Labute approximate surface area is 171 Å². The van der Waals surface area contributed by atoms with Gasteiger partial charge in [0.15, 0.2) is 0 Å². The van der Waals surface area contributed by atoms with Crippen LogP contribution in [0.3, 0.4) is 0 Å². The van der Waals surface area contributed by atoms with Crippen LogP contribution in [-0.4, -0.2) is 4.57 Å². The van der Waals surface area contributed by atoms with Crippen LogP contribution in [0.15, 0.2) is 61.9 Å². The molecule has 0 radical (unpaired) electrons. The zero-order valence-electron chi connectivity index (χ0n) is 13.7. The number of aromatic nitrogens is 1. The van der Waals surface area contributed by atoms with E-state index in [1.807, 2.05) is 0 Å². The fraction of sp³-hybridized carbons (Fsp3) is 0.143. The molecule has 3 aromatic carbocycles. The van der Waals surface area contributed by atoms with Gasteiger partial charge in [-0.2, -0.15) is 0 Å². The lowest BCUT2D eigenvalue weighted by molar-refractivity contribution is 0.629. The molecule has 0 amide bonds. The summed E-state index contributed by atoms with van der Waals surface area (Å²) in [5.74, 6) is 0. The van der Waals surface area contributed by atoms with E-state index >= 15 is 0 Å². The van der Waals surface area contributed by atoms with Crippen LogP contribution in [0.4, 0.5) is 0 Å². The number of benzene rings is 3. The third-order valence-corrected chi connectivity index (χ3v) is 6.78. The van der Waals surface area contributed by atoms with Crippen molar-refractivity contribution in [3.05, 3.63) is 73.1 Å². The van der Waals surface area contributed by atoms with Crippen LogP contribution in [0.5, 0.6) is 0 Å². The zero-order valence-corrected chi connectivity index (χ0v) is 18.5. The van der Waals surface area contributed by atoms with E-state index in [9.17, 15) is 0 Å². The highest BCUT2D eigenvalue weighted by molar-refractivity contribution is 9.11. The molecular weight excluding hydrogens is 506 g/mol. The maximum absolute atomic E-state index is 3.74. The van der Waals surface area contributed by atoms with Gasteiger partial charge in [0.1, 0.15) is 0 Å². The van der Waals surface area contributed by atoms with Crippen LogP contribution in [0, 0.1) is 0 Å². The first-order chi connectivity index (χ1) is 11.9. The van der Waals surface area contributed by atoms with Gasteiger partial charge in [0.2, 0.25) is 0 Å². The number of fused-ring (bicyclic) bond motifs is 5. The van der Waals surface area contributed by atoms with E-state index in [4.69, 9.17) is 0 Å². The Morgan fingerprint density at radius 3 is 2.16 bits per heavy atom. The lowest BCUT2D eigenvalue weighted by Gasteiger charge is -2.35. The van der Waals surface area contributed by atoms with Crippen LogP contribution in [0.2, 0.25) is 0 Å². The van der Waals surface area contributed by atoms with Crippen molar-refractivity contribution in [1.29, 1.82) is 0 Å². The fourth-order valence-electron chi connectivity index (χ4n) is 4.16. The molecule has 0 fully saturated rings. The van der Waals surface area contributed by atoms with Crippen LogP contribution in [-0.2, 0) is 5.41 Å². The Morgan fingerprint density at radius 2 is 1.36 bits per heavy atom. The molecule has 0 unspecified atom stereocenters. The van der Waals surface area contributed by atoms with E-state index < -0.39 is 0 Å². The lowest BCUT2D eigenvalue weighted by Crippen LogP contribution is -2.26. The van der Waals surface area contributed by atoms with Gasteiger partial charge < -0.3 is 4.57 Å². The molecule has 0 atom stereocenters. The van der Waals surface area contributed by atoms with Crippen molar-refractivity contribution in [2.24, 2.45) is 0 Å². The van der Waals surface area contributed by atoms with Crippen molar-refractivity contribution in [3.63, 3.8) is 0 Å². The smallest absolute Gasteiger partial charge is 0.0582 e. The van der Waals surface area contributed by atoms with E-state index in [0.29, 0.717) is 0 Å². The minimum absolute atomic E-state index is 0.0667. The number of halogens is 3. The van der Waals surface area contributed by atoms with Crippen molar-refractivity contribution in [3.8, 4) is 5.69 Å². The summed E-state index contributed by atoms with van der Waals surface area (Å²) in [6, 6.07) is 17.7. The predicted molar refractivity (Wildman–Crippen MR) is 116 cm³/mol. The molecule has 0 N–H and O–H groups in total. The Kier molecular flexibility index (Phi) is 3.36. The normalized spacial score (nSPS) is 14.9. The SMILES string of the molecule is CC1(C)c2cc(Br)ccc2-n2c3ccc(Br)cc3c3cc(Br)cc1c32. The molecule has 1 aliphatic rings. The highest BCUT2D eigenvalue weighted by Crippen LogP contribution is 2.49. The number of hydrogen-bond donors (Lipinski definition) is 0. The molecule has 124 valence electrons. The second-order valence-electron chi connectivity index (χ2n) is 7.13. The van der Waals surface area contributed by atoms with Gasteiger partial charge in [-0.05, 0) is 59.7 Å². The molecule has 2 heterocycles. The zero-order chi connectivity index (χ0) is 17.5. The van der Waals surface area contributed by atoms with Crippen molar-refractivity contribution in [2.45, 2.75) is 19.3 Å². The highest BCUT2D eigenvalue weighted by Gasteiger charge is 2.35. The molecule has 5 rings (SSSR count). The molecule has 1 aromatic heterocycles. The molecule has 25 heavy (non-hydrogen) atoms. The Bertz CT molecular complexity index is 1200. The predicted octanol–water partition coefficient (Wildman–Crippen LogP) is 7.71. The monoisotopic (exact) mass is 517 g/mol. The van der Waals surface area contributed by atoms with Crippen molar-refractivity contribution < 1.29 is 0 Å². The quantitative estimate of drug-likeness (QED) is 0.224. The molecule has 0 spiro atoms. The average molecular weight is 520 g/mol. The maximum atomic E-state index is 3.74. The van der Waals surface area contributed by atoms with Gasteiger partial charge in [0, 0.05) is 29.6 Å². The molecule has 0 saturated carbocycles. The third kappa shape index (κ3) is 2.11. The van der Waals surface area contributed by atoms with Crippen molar-refractivity contribution >= 4 is 69.6 Å². The first-order valence-electron chi connectivity index (χ1n) is 8.12. The summed E-state index contributed by atoms with van der Waals surface area (Å²) in [7, 11) is 0. The molecule has 0 aliphatic carbocycles. The molecule has 4 aromatic rings. The third-order valence-electron chi connectivity index (χ3n) is 5.33. The van der Waals surface area contributed by atoms with Gasteiger partial charge in [0.25, 0.3) is 0 Å². The Hall–Kier alpha value is -1.10. The summed E-state index contributed by atoms with van der Waals surface area (Å²) < 4.78 is 5.77. The van der Waals surface area contributed by atoms with Gasteiger partial charge in [-0.3, -0.25) is 0 Å². The van der Waals surface area contributed by atoms with Gasteiger partial charge in [-0.25, -0.2) is 0 Å². The lowest BCUT2D eigenvalue weighted by atomic mass is 9.75. The summed E-state index contributed by atoms with van der Waals surface area (Å²) in [5.41, 5.74) is 6.46. The molecule has 4 heteroatoms. The Morgan fingerprint density at radius 1 is 0.720 bits per heavy atom. The molecule has 0 bridgehead atoms. The van der Waals surface area contributed by atoms with Gasteiger partial charge >= 0.3 is 0 Å². The van der Waals surface area contributed by atoms with E-state index in [-0.39, 0.29) is 5.41 Å². The van der Waals surface area contributed by atoms with Crippen LogP contribution >= 0.6 is 47.8 Å². The molecule has 1 nitrogen and oxygen atoms in total. The Balaban J connectivity index is 2.11. The molecular formula is C21H14Br3N. The minimum Gasteiger partial charge on any atom is -0.309 e. The number of hydrogen-bond acceptors (Lipinski definition) is 0. The van der Waals surface area contributed by atoms with E-state index in [0.717, 1.165) is 13.4 Å². The summed E-state index contributed by atoms with van der Waals surface area (Å²) in [4.78, 5) is 0. The van der Waals surface area contributed by atoms with E-state index in [2.05, 4.69) is 115 Å². The van der Waals surface area contributed by atoms with Crippen LogP contribution < -0.4 is 0 Å². The largest absolute Gasteiger partial charge is 0.309 e. The van der Waals surface area contributed by atoms with E-state index in [1.165, 1.54) is 38.6 Å². The summed E-state index contributed by atoms with van der Waals surface area (Å²) >= 11 is 11.0. The first-order valence-corrected chi connectivity index (χ1v) is 10.5. The number of nitrogens with zero attached hydrogens (tertiary/aromatic N) is 1. The molecule has 1 aliphatic heterocycles.